The zero-order chi connectivity index (χ0) is 13.6. The summed E-state index contributed by atoms with van der Waals surface area (Å²) in [7, 11) is -3.49. The lowest BCUT2D eigenvalue weighted by Crippen LogP contribution is -2.53. The van der Waals surface area contributed by atoms with Crippen LogP contribution in [0.1, 0.15) is 25.3 Å². The molecular weight excluding hydrogens is 318 g/mol. The van der Waals surface area contributed by atoms with Gasteiger partial charge in [-0.25, -0.2) is 13.1 Å². The maximum absolute atomic E-state index is 12.1. The fraction of sp³-hybridized carbons (Fsp3) is 0.500. The number of halogens is 1. The van der Waals surface area contributed by atoms with Crippen LogP contribution in [0, 0.1) is 6.92 Å². The number of aryl methyl sites for hydroxylation is 1. The molecule has 1 aromatic carbocycles. The van der Waals surface area contributed by atoms with Crippen molar-refractivity contribution in [3.05, 3.63) is 28.2 Å². The van der Waals surface area contributed by atoms with E-state index < -0.39 is 15.6 Å². The van der Waals surface area contributed by atoms with E-state index in [1.54, 1.807) is 25.1 Å². The van der Waals surface area contributed by atoms with Crippen molar-refractivity contribution in [1.29, 1.82) is 0 Å². The second-order valence-electron chi connectivity index (χ2n) is 5.13. The number of rotatable bonds is 3. The minimum absolute atomic E-state index is 0.172. The highest BCUT2D eigenvalue weighted by Gasteiger charge is 2.40. The Bertz CT molecular complexity index is 561. The van der Waals surface area contributed by atoms with E-state index in [-0.39, 0.29) is 10.9 Å². The van der Waals surface area contributed by atoms with Gasteiger partial charge in [-0.1, -0.05) is 15.9 Å². The Hall–Kier alpha value is -0.430. The van der Waals surface area contributed by atoms with Gasteiger partial charge in [0.25, 0.3) is 0 Å². The molecule has 0 bridgehead atoms. The second-order valence-corrected chi connectivity index (χ2v) is 7.70. The molecule has 0 spiro atoms. The SMILES string of the molecule is Cc1cc(S(=O)(=O)NC2CC(C)(O)C2)ccc1Br. The first-order chi connectivity index (χ1) is 8.20. The van der Waals surface area contributed by atoms with Gasteiger partial charge in [-0.15, -0.1) is 0 Å². The molecule has 2 N–H and O–H groups in total. The summed E-state index contributed by atoms with van der Waals surface area (Å²) in [6.07, 6.45) is 0.920. The van der Waals surface area contributed by atoms with Crippen LogP contribution >= 0.6 is 15.9 Å². The summed E-state index contributed by atoms with van der Waals surface area (Å²) in [5.74, 6) is 0. The van der Waals surface area contributed by atoms with Crippen LogP contribution in [-0.4, -0.2) is 25.2 Å². The summed E-state index contributed by atoms with van der Waals surface area (Å²) in [4.78, 5) is 0.259. The Morgan fingerprint density at radius 1 is 1.44 bits per heavy atom. The molecular formula is C12H16BrNO3S. The zero-order valence-corrected chi connectivity index (χ0v) is 12.7. The predicted octanol–water partition coefficient (Wildman–Crippen LogP) is 1.95. The van der Waals surface area contributed by atoms with Crippen LogP contribution in [0.15, 0.2) is 27.6 Å². The first-order valence-electron chi connectivity index (χ1n) is 5.70. The summed E-state index contributed by atoms with van der Waals surface area (Å²) in [6.45, 7) is 3.55. The van der Waals surface area contributed by atoms with Gasteiger partial charge in [0.1, 0.15) is 0 Å². The second kappa shape index (κ2) is 4.59. The highest BCUT2D eigenvalue weighted by molar-refractivity contribution is 9.10. The third-order valence-corrected chi connectivity index (χ3v) is 5.54. The van der Waals surface area contributed by atoms with Gasteiger partial charge in [-0.05, 0) is 50.5 Å². The van der Waals surface area contributed by atoms with Crippen molar-refractivity contribution in [2.75, 3.05) is 0 Å². The number of aliphatic hydroxyl groups is 1. The molecule has 18 heavy (non-hydrogen) atoms. The maximum atomic E-state index is 12.1. The van der Waals surface area contributed by atoms with Crippen LogP contribution < -0.4 is 4.72 Å². The summed E-state index contributed by atoms with van der Waals surface area (Å²) in [5, 5.41) is 9.59. The van der Waals surface area contributed by atoms with Gasteiger partial charge in [-0.2, -0.15) is 0 Å². The molecule has 100 valence electrons. The van der Waals surface area contributed by atoms with Crippen molar-refractivity contribution < 1.29 is 13.5 Å². The van der Waals surface area contributed by atoms with Crippen LogP contribution in [0.5, 0.6) is 0 Å². The Balaban J connectivity index is 2.14. The molecule has 0 atom stereocenters. The smallest absolute Gasteiger partial charge is 0.240 e. The van der Waals surface area contributed by atoms with E-state index in [9.17, 15) is 13.5 Å². The lowest BCUT2D eigenvalue weighted by Gasteiger charge is -2.40. The molecule has 1 saturated carbocycles. The highest BCUT2D eigenvalue weighted by Crippen LogP contribution is 2.32. The largest absolute Gasteiger partial charge is 0.390 e. The average molecular weight is 334 g/mol. The first kappa shape index (κ1) is 14.0. The molecule has 0 heterocycles. The van der Waals surface area contributed by atoms with Crippen LogP contribution in [0.2, 0.25) is 0 Å². The maximum Gasteiger partial charge on any atom is 0.240 e. The third kappa shape index (κ3) is 2.93. The molecule has 1 fully saturated rings. The van der Waals surface area contributed by atoms with Gasteiger partial charge in [0.2, 0.25) is 10.0 Å². The summed E-state index contributed by atoms with van der Waals surface area (Å²) >= 11 is 3.34. The third-order valence-electron chi connectivity index (χ3n) is 3.13. The Labute approximate surface area is 116 Å². The fourth-order valence-electron chi connectivity index (χ4n) is 2.16. The molecule has 0 radical (unpaired) electrons. The molecule has 1 aliphatic rings. The Morgan fingerprint density at radius 3 is 2.56 bits per heavy atom. The summed E-state index contributed by atoms with van der Waals surface area (Å²) in [5.41, 5.74) is 0.140. The molecule has 4 nitrogen and oxygen atoms in total. The minimum Gasteiger partial charge on any atom is -0.390 e. The number of sulfonamides is 1. The number of hydrogen-bond acceptors (Lipinski definition) is 3. The van der Waals surface area contributed by atoms with E-state index in [1.807, 2.05) is 6.92 Å². The standard InChI is InChI=1S/C12H16BrNO3S/c1-8-5-10(3-4-11(8)13)18(16,17)14-9-6-12(2,15)7-9/h3-5,9,14-15H,6-7H2,1-2H3. The van der Waals surface area contributed by atoms with Gasteiger partial charge < -0.3 is 5.11 Å². The number of hydrogen-bond donors (Lipinski definition) is 2. The van der Waals surface area contributed by atoms with Gasteiger partial charge in [0.15, 0.2) is 0 Å². The van der Waals surface area contributed by atoms with Crippen LogP contribution in [0.25, 0.3) is 0 Å². The van der Waals surface area contributed by atoms with E-state index in [4.69, 9.17) is 0 Å². The van der Waals surface area contributed by atoms with Gasteiger partial charge in [0.05, 0.1) is 10.5 Å². The zero-order valence-electron chi connectivity index (χ0n) is 10.3. The molecule has 0 amide bonds. The molecule has 1 aliphatic carbocycles. The molecule has 2 rings (SSSR count). The first-order valence-corrected chi connectivity index (χ1v) is 7.98. The van der Waals surface area contributed by atoms with Crippen molar-refractivity contribution in [2.45, 2.75) is 43.2 Å². The normalized spacial score (nSPS) is 27.9. The van der Waals surface area contributed by atoms with Crippen molar-refractivity contribution in [2.24, 2.45) is 0 Å². The topological polar surface area (TPSA) is 66.4 Å². The lowest BCUT2D eigenvalue weighted by molar-refractivity contribution is -0.0329. The average Bonchev–Trinajstić information content (AvgIpc) is 2.18. The van der Waals surface area contributed by atoms with Crippen LogP contribution in [0.3, 0.4) is 0 Å². The highest BCUT2D eigenvalue weighted by atomic mass is 79.9. The summed E-state index contributed by atoms with van der Waals surface area (Å²) < 4.78 is 27.7. The van der Waals surface area contributed by atoms with Crippen molar-refractivity contribution in [3.63, 3.8) is 0 Å². The number of nitrogens with one attached hydrogen (secondary N) is 1. The van der Waals surface area contributed by atoms with Crippen molar-refractivity contribution in [3.8, 4) is 0 Å². The van der Waals surface area contributed by atoms with E-state index in [1.165, 1.54) is 0 Å². The van der Waals surface area contributed by atoms with Crippen molar-refractivity contribution in [1.82, 2.24) is 4.72 Å². The van der Waals surface area contributed by atoms with E-state index in [0.717, 1.165) is 10.0 Å². The van der Waals surface area contributed by atoms with Gasteiger partial charge >= 0.3 is 0 Å². The van der Waals surface area contributed by atoms with Crippen molar-refractivity contribution >= 4 is 26.0 Å². The van der Waals surface area contributed by atoms with Crippen LogP contribution in [-0.2, 0) is 10.0 Å². The quantitative estimate of drug-likeness (QED) is 0.888. The molecule has 6 heteroatoms. The van der Waals surface area contributed by atoms with E-state index in [0.29, 0.717) is 12.8 Å². The van der Waals surface area contributed by atoms with Gasteiger partial charge in [0, 0.05) is 10.5 Å². The minimum atomic E-state index is -3.49. The monoisotopic (exact) mass is 333 g/mol. The Morgan fingerprint density at radius 2 is 2.06 bits per heavy atom. The summed E-state index contributed by atoms with van der Waals surface area (Å²) in [6, 6.07) is 4.74. The Kier molecular flexibility index (Phi) is 3.57. The van der Waals surface area contributed by atoms with Crippen LogP contribution in [0.4, 0.5) is 0 Å². The van der Waals surface area contributed by atoms with Gasteiger partial charge in [-0.3, -0.25) is 0 Å². The molecule has 0 unspecified atom stereocenters. The van der Waals surface area contributed by atoms with E-state index >= 15 is 0 Å². The van der Waals surface area contributed by atoms with E-state index in [2.05, 4.69) is 20.7 Å². The molecule has 0 aromatic heterocycles. The predicted molar refractivity (Wildman–Crippen MR) is 72.8 cm³/mol. The lowest BCUT2D eigenvalue weighted by atomic mass is 9.78. The molecule has 1 aromatic rings. The number of benzene rings is 1. The molecule has 0 aliphatic heterocycles. The molecule has 0 saturated heterocycles. The fourth-order valence-corrected chi connectivity index (χ4v) is 3.72.